The number of nitrogens with zero attached hydrogens (tertiary/aromatic N) is 3. The van der Waals surface area contributed by atoms with Gasteiger partial charge in [0.1, 0.15) is 5.82 Å². The second-order valence-corrected chi connectivity index (χ2v) is 4.66. The Bertz CT molecular complexity index is 765. The standard InChI is InChI=1S/C17H16N4O2/c1-22-14-6-2-3-7-15(14)23-17-13(5-4-8-20-17)11-21-16-12-18-9-10-19-16/h2-10,12H,11H2,1H3,(H,19,21). The highest BCUT2D eigenvalue weighted by Gasteiger charge is 2.09. The number of ether oxygens (including phenoxy) is 2. The molecule has 0 saturated heterocycles. The lowest BCUT2D eigenvalue weighted by Gasteiger charge is -2.12. The number of nitrogens with one attached hydrogen (secondary N) is 1. The summed E-state index contributed by atoms with van der Waals surface area (Å²) in [7, 11) is 1.61. The van der Waals surface area contributed by atoms with Gasteiger partial charge in [-0.1, -0.05) is 18.2 Å². The first-order chi connectivity index (χ1) is 11.4. The Morgan fingerprint density at radius 3 is 2.61 bits per heavy atom. The molecule has 0 saturated carbocycles. The van der Waals surface area contributed by atoms with Crippen molar-refractivity contribution in [2.24, 2.45) is 0 Å². The number of aromatic nitrogens is 3. The van der Waals surface area contributed by atoms with Gasteiger partial charge in [-0.2, -0.15) is 0 Å². The van der Waals surface area contributed by atoms with E-state index in [-0.39, 0.29) is 0 Å². The van der Waals surface area contributed by atoms with E-state index in [1.54, 1.807) is 31.9 Å². The van der Waals surface area contributed by atoms with Crippen LogP contribution < -0.4 is 14.8 Å². The molecule has 0 aliphatic heterocycles. The molecular formula is C17H16N4O2. The van der Waals surface area contributed by atoms with Gasteiger partial charge < -0.3 is 14.8 Å². The summed E-state index contributed by atoms with van der Waals surface area (Å²) in [6.07, 6.45) is 6.62. The predicted octanol–water partition coefficient (Wildman–Crippen LogP) is 3.28. The van der Waals surface area contributed by atoms with Gasteiger partial charge in [0.15, 0.2) is 11.5 Å². The molecule has 3 rings (SSSR count). The smallest absolute Gasteiger partial charge is 0.224 e. The number of anilines is 1. The van der Waals surface area contributed by atoms with E-state index < -0.39 is 0 Å². The molecule has 1 aromatic carbocycles. The van der Waals surface area contributed by atoms with E-state index in [0.29, 0.717) is 29.7 Å². The van der Waals surface area contributed by atoms with Gasteiger partial charge in [0.25, 0.3) is 0 Å². The van der Waals surface area contributed by atoms with Gasteiger partial charge in [-0.25, -0.2) is 9.97 Å². The molecule has 0 atom stereocenters. The average molecular weight is 308 g/mol. The third-order valence-corrected chi connectivity index (χ3v) is 3.15. The Labute approximate surface area is 134 Å². The van der Waals surface area contributed by atoms with Gasteiger partial charge in [0, 0.05) is 30.7 Å². The fourth-order valence-electron chi connectivity index (χ4n) is 2.03. The molecule has 0 fully saturated rings. The Morgan fingerprint density at radius 1 is 0.957 bits per heavy atom. The number of methoxy groups -OCH3 is 1. The molecule has 1 N–H and O–H groups in total. The Hall–Kier alpha value is -3.15. The molecular weight excluding hydrogens is 292 g/mol. The minimum atomic E-state index is 0.522. The fourth-order valence-corrected chi connectivity index (χ4v) is 2.03. The van der Waals surface area contributed by atoms with Crippen LogP contribution in [0.1, 0.15) is 5.56 Å². The maximum Gasteiger partial charge on any atom is 0.224 e. The molecule has 0 aliphatic rings. The van der Waals surface area contributed by atoms with Gasteiger partial charge in [-0.3, -0.25) is 4.98 Å². The van der Waals surface area contributed by atoms with E-state index in [4.69, 9.17) is 9.47 Å². The topological polar surface area (TPSA) is 69.2 Å². The van der Waals surface area contributed by atoms with Crippen molar-refractivity contribution in [2.75, 3.05) is 12.4 Å². The van der Waals surface area contributed by atoms with Crippen molar-refractivity contribution in [1.82, 2.24) is 15.0 Å². The number of rotatable bonds is 6. The number of pyridine rings is 1. The van der Waals surface area contributed by atoms with Crippen LogP contribution in [0, 0.1) is 0 Å². The minimum absolute atomic E-state index is 0.522. The molecule has 0 aliphatic carbocycles. The molecule has 2 heterocycles. The first-order valence-electron chi connectivity index (χ1n) is 7.11. The van der Waals surface area contributed by atoms with E-state index in [9.17, 15) is 0 Å². The third-order valence-electron chi connectivity index (χ3n) is 3.15. The lowest BCUT2D eigenvalue weighted by atomic mass is 10.2. The van der Waals surface area contributed by atoms with E-state index >= 15 is 0 Å². The molecule has 0 radical (unpaired) electrons. The van der Waals surface area contributed by atoms with Crippen LogP contribution in [0.25, 0.3) is 0 Å². The Balaban J connectivity index is 1.78. The molecule has 0 unspecified atom stereocenters. The van der Waals surface area contributed by atoms with Crippen molar-refractivity contribution in [3.05, 3.63) is 66.7 Å². The normalized spacial score (nSPS) is 10.1. The zero-order chi connectivity index (χ0) is 15.9. The molecule has 0 spiro atoms. The number of hydrogen-bond acceptors (Lipinski definition) is 6. The van der Waals surface area contributed by atoms with Gasteiger partial charge in [0.2, 0.25) is 5.88 Å². The van der Waals surface area contributed by atoms with Crippen LogP contribution >= 0.6 is 0 Å². The first-order valence-corrected chi connectivity index (χ1v) is 7.11. The summed E-state index contributed by atoms with van der Waals surface area (Å²) >= 11 is 0. The van der Waals surface area contributed by atoms with Crippen LogP contribution in [0.15, 0.2) is 61.2 Å². The third kappa shape index (κ3) is 3.74. The SMILES string of the molecule is COc1ccccc1Oc1ncccc1CNc1cnccn1. The summed E-state index contributed by atoms with van der Waals surface area (Å²) in [5.41, 5.74) is 0.907. The van der Waals surface area contributed by atoms with Crippen molar-refractivity contribution in [1.29, 1.82) is 0 Å². The van der Waals surface area contributed by atoms with Gasteiger partial charge in [-0.05, 0) is 18.2 Å². The highest BCUT2D eigenvalue weighted by atomic mass is 16.5. The summed E-state index contributed by atoms with van der Waals surface area (Å²) in [6.45, 7) is 0.525. The monoisotopic (exact) mass is 308 g/mol. The van der Waals surface area contributed by atoms with E-state index in [0.717, 1.165) is 5.56 Å². The molecule has 23 heavy (non-hydrogen) atoms. The molecule has 6 nitrogen and oxygen atoms in total. The van der Waals surface area contributed by atoms with Crippen molar-refractivity contribution in [2.45, 2.75) is 6.54 Å². The average Bonchev–Trinajstić information content (AvgIpc) is 2.62. The van der Waals surface area contributed by atoms with Crippen LogP contribution in [0.4, 0.5) is 5.82 Å². The maximum atomic E-state index is 5.91. The highest BCUT2D eigenvalue weighted by molar-refractivity contribution is 5.43. The second-order valence-electron chi connectivity index (χ2n) is 4.66. The zero-order valence-corrected chi connectivity index (χ0v) is 12.6. The molecule has 6 heteroatoms. The minimum Gasteiger partial charge on any atom is -0.493 e. The van der Waals surface area contributed by atoms with Crippen LogP contribution in [-0.2, 0) is 6.54 Å². The van der Waals surface area contributed by atoms with Gasteiger partial charge in [0.05, 0.1) is 13.3 Å². The van der Waals surface area contributed by atoms with E-state index in [1.807, 2.05) is 36.4 Å². The lowest BCUT2D eigenvalue weighted by Crippen LogP contribution is -2.04. The maximum absolute atomic E-state index is 5.91. The Morgan fingerprint density at radius 2 is 1.83 bits per heavy atom. The molecule has 0 bridgehead atoms. The molecule has 2 aromatic heterocycles. The highest BCUT2D eigenvalue weighted by Crippen LogP contribution is 2.31. The fraction of sp³-hybridized carbons (Fsp3) is 0.118. The van der Waals surface area contributed by atoms with Crippen LogP contribution in [0.5, 0.6) is 17.4 Å². The van der Waals surface area contributed by atoms with Crippen molar-refractivity contribution in [3.8, 4) is 17.4 Å². The molecule has 0 amide bonds. The largest absolute Gasteiger partial charge is 0.493 e. The van der Waals surface area contributed by atoms with Gasteiger partial charge in [-0.15, -0.1) is 0 Å². The summed E-state index contributed by atoms with van der Waals surface area (Å²) in [4.78, 5) is 12.5. The number of para-hydroxylation sites is 2. The number of benzene rings is 1. The van der Waals surface area contributed by atoms with Crippen molar-refractivity contribution in [3.63, 3.8) is 0 Å². The Kier molecular flexibility index (Phi) is 4.63. The summed E-state index contributed by atoms with van der Waals surface area (Å²) in [5.74, 6) is 2.49. The second kappa shape index (κ2) is 7.22. The van der Waals surface area contributed by atoms with Crippen molar-refractivity contribution < 1.29 is 9.47 Å². The quantitative estimate of drug-likeness (QED) is 0.753. The van der Waals surface area contributed by atoms with Crippen LogP contribution in [0.3, 0.4) is 0 Å². The first kappa shape index (κ1) is 14.8. The van der Waals surface area contributed by atoms with Crippen molar-refractivity contribution >= 4 is 5.82 Å². The van der Waals surface area contributed by atoms with E-state index in [1.165, 1.54) is 0 Å². The predicted molar refractivity (Wildman–Crippen MR) is 86.7 cm³/mol. The zero-order valence-electron chi connectivity index (χ0n) is 12.6. The molecule has 116 valence electrons. The summed E-state index contributed by atoms with van der Waals surface area (Å²) < 4.78 is 11.2. The van der Waals surface area contributed by atoms with E-state index in [2.05, 4.69) is 20.3 Å². The summed E-state index contributed by atoms with van der Waals surface area (Å²) in [6, 6.07) is 11.3. The van der Waals surface area contributed by atoms with Gasteiger partial charge >= 0.3 is 0 Å². The van der Waals surface area contributed by atoms with Crippen LogP contribution in [-0.4, -0.2) is 22.1 Å². The summed E-state index contributed by atoms with van der Waals surface area (Å²) in [5, 5.41) is 3.19. The molecule has 3 aromatic rings. The number of hydrogen-bond donors (Lipinski definition) is 1. The lowest BCUT2D eigenvalue weighted by molar-refractivity contribution is 0.373. The van der Waals surface area contributed by atoms with Crippen LogP contribution in [0.2, 0.25) is 0 Å².